The van der Waals surface area contributed by atoms with E-state index in [4.69, 9.17) is 4.74 Å². The average Bonchev–Trinajstić information content (AvgIpc) is 2.44. The van der Waals surface area contributed by atoms with Crippen LogP contribution in [0.2, 0.25) is 0 Å². The minimum absolute atomic E-state index is 0.171. The third-order valence-electron chi connectivity index (χ3n) is 4.33. The molecule has 6 nitrogen and oxygen atoms in total. The molecule has 0 aromatic heterocycles. The third kappa shape index (κ3) is 4.02. The largest absolute Gasteiger partial charge is 0.465 e. The van der Waals surface area contributed by atoms with Crippen LogP contribution < -0.4 is 0 Å². The first-order chi connectivity index (χ1) is 9.98. The van der Waals surface area contributed by atoms with Crippen molar-refractivity contribution in [2.45, 2.75) is 58.8 Å². The predicted molar refractivity (Wildman–Crippen MR) is 77.4 cm³/mol. The Hall–Kier alpha value is -1.46. The Morgan fingerprint density at radius 3 is 2.67 bits per heavy atom. The maximum absolute atomic E-state index is 12.5. The molecule has 0 radical (unpaired) electrons. The van der Waals surface area contributed by atoms with Crippen LogP contribution in [0.4, 0.5) is 0 Å². The number of hydrogen-bond donors (Lipinski definition) is 0. The van der Waals surface area contributed by atoms with E-state index in [9.17, 15) is 19.7 Å². The van der Waals surface area contributed by atoms with Crippen LogP contribution >= 0.6 is 0 Å². The van der Waals surface area contributed by atoms with Gasteiger partial charge in [-0.25, -0.2) is 0 Å². The highest BCUT2D eigenvalue weighted by molar-refractivity contribution is 6.04. The predicted octanol–water partition coefficient (Wildman–Crippen LogP) is 2.76. The molecule has 0 heterocycles. The number of nitrogens with zero attached hydrogens (tertiary/aromatic N) is 1. The first-order valence-electron chi connectivity index (χ1n) is 7.81. The molecule has 0 amide bonds. The fraction of sp³-hybridized carbons (Fsp3) is 0.867. The molecular formula is C15H25NO5. The Labute approximate surface area is 125 Å². The van der Waals surface area contributed by atoms with Gasteiger partial charge >= 0.3 is 5.97 Å². The first-order valence-corrected chi connectivity index (χ1v) is 7.81. The molecule has 0 aromatic rings. The lowest BCUT2D eigenvalue weighted by Gasteiger charge is -2.38. The molecule has 0 spiro atoms. The van der Waals surface area contributed by atoms with Crippen LogP contribution in [-0.2, 0) is 14.3 Å². The maximum Gasteiger partial charge on any atom is 0.320 e. The number of Topliss-reactive ketones (excluding diaryl/α,β-unsaturated/α-hetero) is 1. The van der Waals surface area contributed by atoms with Crippen LogP contribution in [0.5, 0.6) is 0 Å². The van der Waals surface area contributed by atoms with Crippen molar-refractivity contribution >= 4 is 11.8 Å². The summed E-state index contributed by atoms with van der Waals surface area (Å²) < 4.78 is 5.12. The number of carbonyl (C=O) groups excluding carboxylic acids is 2. The van der Waals surface area contributed by atoms with Crippen molar-refractivity contribution in [2.24, 2.45) is 11.3 Å². The second kappa shape index (κ2) is 8.10. The van der Waals surface area contributed by atoms with E-state index in [0.29, 0.717) is 19.3 Å². The smallest absolute Gasteiger partial charge is 0.320 e. The Morgan fingerprint density at radius 1 is 1.43 bits per heavy atom. The molecule has 21 heavy (non-hydrogen) atoms. The minimum Gasteiger partial charge on any atom is -0.465 e. The molecule has 2 atom stereocenters. The van der Waals surface area contributed by atoms with Gasteiger partial charge in [-0.3, -0.25) is 19.7 Å². The van der Waals surface area contributed by atoms with Gasteiger partial charge in [-0.2, -0.15) is 0 Å². The van der Waals surface area contributed by atoms with Crippen molar-refractivity contribution in [3.8, 4) is 0 Å². The summed E-state index contributed by atoms with van der Waals surface area (Å²) in [6.07, 6.45) is 4.35. The monoisotopic (exact) mass is 299 g/mol. The summed E-state index contributed by atoms with van der Waals surface area (Å²) in [5, 5.41) is 11.0. The number of unbranched alkanes of at least 4 members (excludes halogenated alkanes) is 1. The standard InChI is InChI=1S/C15H25NO5/c1-3-5-8-12(11-16(19)20)15(14(18)21-4-2)10-7-6-9-13(15)17/h12H,3-11H2,1-2H3. The van der Waals surface area contributed by atoms with Crippen molar-refractivity contribution in [1.29, 1.82) is 0 Å². The van der Waals surface area contributed by atoms with Crippen LogP contribution in [-0.4, -0.2) is 29.8 Å². The highest BCUT2D eigenvalue weighted by Crippen LogP contribution is 2.43. The number of ketones is 1. The maximum atomic E-state index is 12.5. The van der Waals surface area contributed by atoms with E-state index in [1.807, 2.05) is 6.92 Å². The molecule has 1 saturated carbocycles. The molecule has 0 bridgehead atoms. The summed E-state index contributed by atoms with van der Waals surface area (Å²) in [7, 11) is 0. The number of rotatable bonds is 8. The quantitative estimate of drug-likeness (QED) is 0.298. The van der Waals surface area contributed by atoms with Gasteiger partial charge in [0.1, 0.15) is 5.41 Å². The minimum atomic E-state index is -1.30. The van der Waals surface area contributed by atoms with Gasteiger partial charge in [0.2, 0.25) is 6.54 Å². The van der Waals surface area contributed by atoms with Gasteiger partial charge in [-0.1, -0.05) is 26.2 Å². The van der Waals surface area contributed by atoms with Gasteiger partial charge in [-0.05, 0) is 26.2 Å². The molecule has 1 fully saturated rings. The first kappa shape index (κ1) is 17.6. The normalized spacial score (nSPS) is 23.6. The molecule has 0 aliphatic heterocycles. The second-order valence-electron chi connectivity index (χ2n) is 5.68. The van der Waals surface area contributed by atoms with Crippen LogP contribution in [0.25, 0.3) is 0 Å². The zero-order chi connectivity index (χ0) is 15.9. The molecule has 1 rings (SSSR count). The summed E-state index contributed by atoms with van der Waals surface area (Å²) in [5.41, 5.74) is -1.30. The molecule has 0 N–H and O–H groups in total. The lowest BCUT2D eigenvalue weighted by molar-refractivity contribution is -0.491. The number of ether oxygens (including phenoxy) is 1. The molecule has 6 heteroatoms. The van der Waals surface area contributed by atoms with Crippen molar-refractivity contribution in [2.75, 3.05) is 13.2 Å². The Bertz CT molecular complexity index is 396. The summed E-state index contributed by atoms with van der Waals surface area (Å²) in [6, 6.07) is 0. The fourth-order valence-corrected chi connectivity index (χ4v) is 3.25. The van der Waals surface area contributed by atoms with Crippen molar-refractivity contribution in [3.63, 3.8) is 0 Å². The van der Waals surface area contributed by atoms with Crippen LogP contribution in [0.15, 0.2) is 0 Å². The SMILES string of the molecule is CCCCC(C[N+](=O)[O-])C1(C(=O)OCC)CCCCC1=O. The molecule has 1 aliphatic rings. The number of nitro groups is 1. The van der Waals surface area contributed by atoms with Crippen LogP contribution in [0, 0.1) is 21.4 Å². The highest BCUT2D eigenvalue weighted by atomic mass is 16.6. The Morgan fingerprint density at radius 2 is 2.14 bits per heavy atom. The van der Waals surface area contributed by atoms with Crippen LogP contribution in [0.3, 0.4) is 0 Å². The molecule has 0 saturated heterocycles. The third-order valence-corrected chi connectivity index (χ3v) is 4.33. The lowest BCUT2D eigenvalue weighted by Crippen LogP contribution is -2.50. The van der Waals surface area contributed by atoms with Gasteiger partial charge in [0, 0.05) is 17.3 Å². The fourth-order valence-electron chi connectivity index (χ4n) is 3.25. The number of esters is 1. The van der Waals surface area contributed by atoms with Gasteiger partial charge in [0.15, 0.2) is 5.78 Å². The van der Waals surface area contributed by atoms with E-state index in [-0.39, 0.29) is 18.9 Å². The summed E-state index contributed by atoms with van der Waals surface area (Å²) in [4.78, 5) is 35.5. The van der Waals surface area contributed by atoms with E-state index < -0.39 is 22.2 Å². The van der Waals surface area contributed by atoms with Gasteiger partial charge in [-0.15, -0.1) is 0 Å². The average molecular weight is 299 g/mol. The van der Waals surface area contributed by atoms with Gasteiger partial charge < -0.3 is 4.74 Å². The van der Waals surface area contributed by atoms with E-state index in [1.165, 1.54) is 0 Å². The van der Waals surface area contributed by atoms with E-state index in [2.05, 4.69) is 0 Å². The molecule has 2 unspecified atom stereocenters. The molecule has 1 aliphatic carbocycles. The van der Waals surface area contributed by atoms with E-state index >= 15 is 0 Å². The number of hydrogen-bond acceptors (Lipinski definition) is 5. The zero-order valence-electron chi connectivity index (χ0n) is 12.9. The number of carbonyl (C=O) groups is 2. The summed E-state index contributed by atoms with van der Waals surface area (Å²) in [6.45, 7) is 3.52. The Kier molecular flexibility index (Phi) is 6.78. The van der Waals surface area contributed by atoms with Crippen molar-refractivity contribution < 1.29 is 19.2 Å². The van der Waals surface area contributed by atoms with Crippen molar-refractivity contribution in [3.05, 3.63) is 10.1 Å². The topological polar surface area (TPSA) is 86.5 Å². The van der Waals surface area contributed by atoms with E-state index in [1.54, 1.807) is 6.92 Å². The highest BCUT2D eigenvalue weighted by Gasteiger charge is 2.54. The summed E-state index contributed by atoms with van der Waals surface area (Å²) >= 11 is 0. The van der Waals surface area contributed by atoms with Gasteiger partial charge in [0.25, 0.3) is 0 Å². The lowest BCUT2D eigenvalue weighted by atomic mass is 9.63. The second-order valence-corrected chi connectivity index (χ2v) is 5.68. The van der Waals surface area contributed by atoms with Crippen molar-refractivity contribution in [1.82, 2.24) is 0 Å². The molecule has 120 valence electrons. The molecular weight excluding hydrogens is 274 g/mol. The van der Waals surface area contributed by atoms with Crippen LogP contribution in [0.1, 0.15) is 58.8 Å². The Balaban J connectivity index is 3.12. The zero-order valence-corrected chi connectivity index (χ0v) is 12.9. The summed E-state index contributed by atoms with van der Waals surface area (Å²) in [5.74, 6) is -1.29. The van der Waals surface area contributed by atoms with Gasteiger partial charge in [0.05, 0.1) is 6.61 Å². The van der Waals surface area contributed by atoms with E-state index in [0.717, 1.165) is 25.7 Å². The molecule has 0 aromatic carbocycles.